The lowest BCUT2D eigenvalue weighted by atomic mass is 10.1. The fraction of sp³-hybridized carbons (Fsp3) is 0.320. The molecule has 0 bridgehead atoms. The molecule has 8 heteroatoms. The number of nitrogens with zero attached hydrogens (tertiary/aromatic N) is 1. The zero-order valence-corrected chi connectivity index (χ0v) is 18.9. The van der Waals surface area contributed by atoms with Crippen LogP contribution in [0.15, 0.2) is 51.7 Å². The van der Waals surface area contributed by atoms with Crippen molar-refractivity contribution in [2.24, 2.45) is 0 Å². The zero-order chi connectivity index (χ0) is 23.5. The van der Waals surface area contributed by atoms with E-state index in [1.54, 1.807) is 30.3 Å². The van der Waals surface area contributed by atoms with Gasteiger partial charge in [0.05, 0.1) is 0 Å². The summed E-state index contributed by atoms with van der Waals surface area (Å²) < 4.78 is 11.7. The van der Waals surface area contributed by atoms with Crippen molar-refractivity contribution >= 4 is 34.2 Å². The number of carbonyl (C=O) groups excluding carboxylic acids is 2. The van der Waals surface area contributed by atoms with E-state index in [2.05, 4.69) is 22.6 Å². The van der Waals surface area contributed by atoms with Gasteiger partial charge in [0.2, 0.25) is 0 Å². The third-order valence-electron chi connectivity index (χ3n) is 5.84. The van der Waals surface area contributed by atoms with Crippen LogP contribution in [0, 0.1) is 6.92 Å². The molecule has 172 valence electrons. The fourth-order valence-corrected chi connectivity index (χ4v) is 3.90. The van der Waals surface area contributed by atoms with Crippen molar-refractivity contribution in [3.63, 3.8) is 0 Å². The first-order valence-corrected chi connectivity index (χ1v) is 10.9. The molecule has 8 nitrogen and oxygen atoms in total. The number of carbonyl (C=O) groups is 2. The molecule has 2 aromatic carbocycles. The number of benzene rings is 2. The van der Waals surface area contributed by atoms with Crippen LogP contribution in [-0.4, -0.2) is 43.0 Å². The van der Waals surface area contributed by atoms with Gasteiger partial charge in [0, 0.05) is 35.3 Å². The summed E-state index contributed by atoms with van der Waals surface area (Å²) in [5.74, 6) is 0.591. The summed E-state index contributed by atoms with van der Waals surface area (Å²) in [4.78, 5) is 38.8. The van der Waals surface area contributed by atoms with E-state index in [0.717, 1.165) is 31.5 Å². The van der Waals surface area contributed by atoms with Crippen molar-refractivity contribution in [2.45, 2.75) is 32.8 Å². The summed E-state index contributed by atoms with van der Waals surface area (Å²) >= 11 is 0. The highest BCUT2D eigenvalue weighted by atomic mass is 16.5. The molecule has 0 atom stereocenters. The number of aryl methyl sites for hydroxylation is 1. The van der Waals surface area contributed by atoms with E-state index in [9.17, 15) is 14.4 Å². The van der Waals surface area contributed by atoms with Crippen LogP contribution in [0.3, 0.4) is 0 Å². The Morgan fingerprint density at radius 1 is 1.09 bits per heavy atom. The van der Waals surface area contributed by atoms with Crippen LogP contribution in [-0.2, 0) is 0 Å². The Bertz CT molecular complexity index is 1260. The van der Waals surface area contributed by atoms with Gasteiger partial charge in [-0.25, -0.2) is 9.59 Å². The minimum absolute atomic E-state index is 0.0195. The zero-order valence-electron chi connectivity index (χ0n) is 18.9. The minimum Gasteiger partial charge on any atom is -0.490 e. The number of amides is 2. The molecule has 2 N–H and O–H groups in total. The summed E-state index contributed by atoms with van der Waals surface area (Å²) in [5, 5.41) is 5.83. The molecule has 2 amide bonds. The monoisotopic (exact) mass is 449 g/mol. The molecule has 1 aliphatic heterocycles. The Morgan fingerprint density at radius 3 is 2.58 bits per heavy atom. The van der Waals surface area contributed by atoms with Gasteiger partial charge in [-0.3, -0.25) is 4.79 Å². The van der Waals surface area contributed by atoms with Gasteiger partial charge in [-0.2, -0.15) is 0 Å². The Kier molecular flexibility index (Phi) is 6.46. The normalized spacial score (nSPS) is 14.8. The lowest BCUT2D eigenvalue weighted by Gasteiger charge is -2.29. The predicted molar refractivity (Wildman–Crippen MR) is 127 cm³/mol. The van der Waals surface area contributed by atoms with Crippen molar-refractivity contribution in [3.8, 4) is 5.75 Å². The van der Waals surface area contributed by atoms with Crippen molar-refractivity contribution in [1.29, 1.82) is 0 Å². The first-order chi connectivity index (χ1) is 15.8. The Labute approximate surface area is 191 Å². The molecule has 1 aromatic heterocycles. The SMILES string of the molecule is CC(=O)c1cccc(NC(=O)Nc2cc3ccc(OC4CCN(C)CC4)c(C)c3oc2=O)c1. The minimum atomic E-state index is -0.658. The molecular formula is C25H27N3O5. The van der Waals surface area contributed by atoms with Gasteiger partial charge in [0.15, 0.2) is 5.78 Å². The highest BCUT2D eigenvalue weighted by Gasteiger charge is 2.20. The topological polar surface area (TPSA) is 101 Å². The van der Waals surface area contributed by atoms with Crippen LogP contribution in [0.2, 0.25) is 0 Å². The van der Waals surface area contributed by atoms with E-state index in [1.165, 1.54) is 6.92 Å². The highest BCUT2D eigenvalue weighted by Crippen LogP contribution is 2.30. The van der Waals surface area contributed by atoms with Crippen molar-refractivity contribution in [3.05, 3.63) is 64.0 Å². The average molecular weight is 450 g/mol. The largest absolute Gasteiger partial charge is 0.490 e. The second-order valence-corrected chi connectivity index (χ2v) is 8.39. The molecule has 0 unspecified atom stereocenters. The summed E-state index contributed by atoms with van der Waals surface area (Å²) in [7, 11) is 2.10. The molecule has 0 aliphatic carbocycles. The molecule has 1 saturated heterocycles. The van der Waals surface area contributed by atoms with Gasteiger partial charge in [0.25, 0.3) is 0 Å². The van der Waals surface area contributed by atoms with Gasteiger partial charge in [-0.15, -0.1) is 0 Å². The summed E-state index contributed by atoms with van der Waals surface area (Å²) in [6, 6.07) is 11.2. The van der Waals surface area contributed by atoms with Crippen LogP contribution >= 0.6 is 0 Å². The number of hydrogen-bond donors (Lipinski definition) is 2. The average Bonchev–Trinajstić information content (AvgIpc) is 2.78. The van der Waals surface area contributed by atoms with Crippen molar-refractivity contribution in [2.75, 3.05) is 30.8 Å². The van der Waals surface area contributed by atoms with Crippen LogP contribution in [0.25, 0.3) is 11.0 Å². The Morgan fingerprint density at radius 2 is 1.85 bits per heavy atom. The number of hydrogen-bond acceptors (Lipinski definition) is 6. The molecular weight excluding hydrogens is 422 g/mol. The second kappa shape index (κ2) is 9.46. The van der Waals surface area contributed by atoms with Gasteiger partial charge >= 0.3 is 11.7 Å². The maximum Gasteiger partial charge on any atom is 0.360 e. The lowest BCUT2D eigenvalue weighted by molar-refractivity contribution is 0.101. The maximum absolute atomic E-state index is 12.6. The smallest absolute Gasteiger partial charge is 0.360 e. The van der Waals surface area contributed by atoms with E-state index in [1.807, 2.05) is 19.1 Å². The number of anilines is 2. The summed E-state index contributed by atoms with van der Waals surface area (Å²) in [5.41, 5.74) is 1.47. The molecule has 0 spiro atoms. The van der Waals surface area contributed by atoms with E-state index >= 15 is 0 Å². The molecule has 0 radical (unpaired) electrons. The molecule has 33 heavy (non-hydrogen) atoms. The van der Waals surface area contributed by atoms with E-state index in [0.29, 0.717) is 28.0 Å². The van der Waals surface area contributed by atoms with Crippen LogP contribution in [0.4, 0.5) is 16.2 Å². The molecule has 1 aliphatic rings. The number of fused-ring (bicyclic) bond motifs is 1. The number of ketones is 1. The van der Waals surface area contributed by atoms with Gasteiger partial charge < -0.3 is 24.7 Å². The first kappa shape index (κ1) is 22.5. The van der Waals surface area contributed by atoms with Gasteiger partial charge in [0.1, 0.15) is 23.1 Å². The predicted octanol–water partition coefficient (Wildman–Crippen LogP) is 4.42. The Balaban J connectivity index is 1.50. The summed E-state index contributed by atoms with van der Waals surface area (Å²) in [6.07, 6.45) is 2.03. The number of rotatable bonds is 5. The van der Waals surface area contributed by atoms with Crippen molar-refractivity contribution < 1.29 is 18.7 Å². The van der Waals surface area contributed by atoms with E-state index in [4.69, 9.17) is 9.15 Å². The molecule has 1 fully saturated rings. The fourth-order valence-electron chi connectivity index (χ4n) is 3.90. The molecule has 2 heterocycles. The maximum atomic E-state index is 12.6. The van der Waals surface area contributed by atoms with Crippen molar-refractivity contribution in [1.82, 2.24) is 4.90 Å². The van der Waals surface area contributed by atoms with E-state index < -0.39 is 11.7 Å². The van der Waals surface area contributed by atoms with Gasteiger partial charge in [-0.1, -0.05) is 12.1 Å². The standard InChI is InChI=1S/C25H27N3O5/c1-15-22(32-20-9-11-28(3)12-10-20)8-7-18-14-21(24(30)33-23(15)18)27-25(31)26-19-6-4-5-17(13-19)16(2)29/h4-8,13-14,20H,9-12H2,1-3H3,(H2,26,27,31). The summed E-state index contributed by atoms with van der Waals surface area (Å²) in [6.45, 7) is 5.29. The van der Waals surface area contributed by atoms with Gasteiger partial charge in [-0.05, 0) is 64.1 Å². The number of Topliss-reactive ketones (excluding diaryl/α,β-unsaturated/α-hetero) is 1. The van der Waals surface area contributed by atoms with Crippen LogP contribution in [0.5, 0.6) is 5.75 Å². The number of ether oxygens (including phenoxy) is 1. The number of nitrogens with one attached hydrogen (secondary N) is 2. The van der Waals surface area contributed by atoms with Crippen LogP contribution < -0.4 is 21.0 Å². The molecule has 4 rings (SSSR count). The lowest BCUT2D eigenvalue weighted by Crippen LogP contribution is -2.35. The first-order valence-electron chi connectivity index (χ1n) is 10.9. The Hall–Kier alpha value is -3.65. The highest BCUT2D eigenvalue weighted by molar-refractivity contribution is 6.02. The second-order valence-electron chi connectivity index (χ2n) is 8.39. The number of piperidine rings is 1. The number of urea groups is 1. The third kappa shape index (κ3) is 5.23. The quantitative estimate of drug-likeness (QED) is 0.442. The van der Waals surface area contributed by atoms with Crippen LogP contribution in [0.1, 0.15) is 35.7 Å². The third-order valence-corrected chi connectivity index (χ3v) is 5.84. The molecule has 0 saturated carbocycles. The molecule has 3 aromatic rings. The number of likely N-dealkylation sites (tertiary alicyclic amines) is 1. The van der Waals surface area contributed by atoms with E-state index in [-0.39, 0.29) is 17.6 Å².